The summed E-state index contributed by atoms with van der Waals surface area (Å²) >= 11 is 6.18. The summed E-state index contributed by atoms with van der Waals surface area (Å²) < 4.78 is 73.5. The molecule has 1 atom stereocenters. The Labute approximate surface area is 204 Å². The first kappa shape index (κ1) is 26.0. The minimum absolute atomic E-state index is 0.152. The van der Waals surface area contributed by atoms with Crippen LogP contribution in [0.3, 0.4) is 0 Å². The highest BCUT2D eigenvalue weighted by Gasteiger charge is 2.31. The molecule has 0 saturated carbocycles. The molecular formula is C23H18ClF3N2O5S. The van der Waals surface area contributed by atoms with Crippen molar-refractivity contribution in [3.63, 3.8) is 0 Å². The van der Waals surface area contributed by atoms with E-state index in [-0.39, 0.29) is 11.3 Å². The van der Waals surface area contributed by atoms with Crippen LogP contribution in [0.1, 0.15) is 22.1 Å². The summed E-state index contributed by atoms with van der Waals surface area (Å²) in [5.74, 6) is -0.280. The molecule has 12 heteroatoms. The smallest absolute Gasteiger partial charge is 0.416 e. The highest BCUT2D eigenvalue weighted by Crippen LogP contribution is 2.30. The van der Waals surface area contributed by atoms with E-state index in [9.17, 15) is 26.4 Å². The van der Waals surface area contributed by atoms with Gasteiger partial charge in [0.25, 0.3) is 5.91 Å². The number of carbonyl (C=O) groups is 1. The van der Waals surface area contributed by atoms with Gasteiger partial charge in [-0.3, -0.25) is 4.79 Å². The Morgan fingerprint density at radius 3 is 2.40 bits per heavy atom. The largest absolute Gasteiger partial charge is 0.497 e. The van der Waals surface area contributed by atoms with Gasteiger partial charge in [-0.25, -0.2) is 5.43 Å². The number of methoxy groups -OCH3 is 1. The highest BCUT2D eigenvalue weighted by molar-refractivity contribution is 7.87. The lowest BCUT2D eigenvalue weighted by Gasteiger charge is -2.11. The van der Waals surface area contributed by atoms with Gasteiger partial charge in [-0.15, -0.1) is 11.6 Å². The van der Waals surface area contributed by atoms with E-state index in [4.69, 9.17) is 20.5 Å². The van der Waals surface area contributed by atoms with Crippen LogP contribution in [0.4, 0.5) is 13.2 Å². The molecule has 35 heavy (non-hydrogen) atoms. The van der Waals surface area contributed by atoms with Gasteiger partial charge in [0, 0.05) is 5.56 Å². The van der Waals surface area contributed by atoms with E-state index in [2.05, 4.69) is 10.5 Å². The average molecular weight is 527 g/mol. The molecule has 0 aromatic heterocycles. The minimum atomic E-state index is -4.61. The van der Waals surface area contributed by atoms with Gasteiger partial charge in [-0.2, -0.15) is 26.7 Å². The van der Waals surface area contributed by atoms with Crippen molar-refractivity contribution in [2.24, 2.45) is 5.10 Å². The second-order valence-electron chi connectivity index (χ2n) is 6.97. The van der Waals surface area contributed by atoms with Gasteiger partial charge >= 0.3 is 16.3 Å². The summed E-state index contributed by atoms with van der Waals surface area (Å²) in [7, 11) is -2.97. The predicted molar refractivity (Wildman–Crippen MR) is 123 cm³/mol. The van der Waals surface area contributed by atoms with Crippen LogP contribution in [-0.2, 0) is 21.1 Å². The van der Waals surface area contributed by atoms with Crippen LogP contribution in [0, 0.1) is 0 Å². The summed E-state index contributed by atoms with van der Waals surface area (Å²) in [5, 5.41) is 2.72. The number of ether oxygens (including phenoxy) is 1. The SMILES string of the molecule is COc1cccc(C(Cl)C(=O)N/N=C/c2ccccc2OS(=O)(=O)c2ccc(C(F)(F)F)cc2)c1. The van der Waals surface area contributed by atoms with Gasteiger partial charge in [-0.05, 0) is 54.1 Å². The third-order valence-corrected chi connectivity index (χ3v) is 6.28. The molecule has 1 amide bonds. The summed E-state index contributed by atoms with van der Waals surface area (Å²) in [6.07, 6.45) is -3.46. The van der Waals surface area contributed by atoms with Crippen molar-refractivity contribution in [1.29, 1.82) is 0 Å². The van der Waals surface area contributed by atoms with Crippen molar-refractivity contribution in [1.82, 2.24) is 5.43 Å². The molecule has 3 aromatic carbocycles. The van der Waals surface area contributed by atoms with Gasteiger partial charge in [-0.1, -0.05) is 24.3 Å². The first-order chi connectivity index (χ1) is 16.5. The van der Waals surface area contributed by atoms with Gasteiger partial charge < -0.3 is 8.92 Å². The summed E-state index contributed by atoms with van der Waals surface area (Å²) in [4.78, 5) is 11.9. The monoisotopic (exact) mass is 526 g/mol. The molecule has 1 N–H and O–H groups in total. The number of nitrogens with one attached hydrogen (secondary N) is 1. The molecule has 0 fully saturated rings. The van der Waals surface area contributed by atoms with E-state index >= 15 is 0 Å². The van der Waals surface area contributed by atoms with Gasteiger partial charge in [0.1, 0.15) is 16.0 Å². The number of hydrogen-bond donors (Lipinski definition) is 1. The van der Waals surface area contributed by atoms with Gasteiger partial charge in [0.15, 0.2) is 5.75 Å². The van der Waals surface area contributed by atoms with Crippen molar-refractivity contribution in [2.75, 3.05) is 7.11 Å². The van der Waals surface area contributed by atoms with Crippen LogP contribution in [0.5, 0.6) is 11.5 Å². The molecule has 3 rings (SSSR count). The zero-order valence-electron chi connectivity index (χ0n) is 18.0. The Bertz CT molecular complexity index is 1330. The Hall–Kier alpha value is -3.57. The standard InChI is InChI=1S/C23H18ClF3N2O5S/c1-33-18-7-4-6-15(13-18)21(24)22(30)29-28-14-16-5-2-3-8-20(16)34-35(31,32)19-11-9-17(10-12-19)23(25,26)27/h2-14,21H,1H3,(H,29,30)/b28-14+. The number of hydrogen-bond acceptors (Lipinski definition) is 6. The minimum Gasteiger partial charge on any atom is -0.497 e. The van der Waals surface area contributed by atoms with E-state index in [1.807, 2.05) is 0 Å². The maximum Gasteiger partial charge on any atom is 0.416 e. The number of hydrazone groups is 1. The topological polar surface area (TPSA) is 94.1 Å². The molecule has 0 aliphatic carbocycles. The molecule has 3 aromatic rings. The maximum absolute atomic E-state index is 12.7. The lowest BCUT2D eigenvalue weighted by molar-refractivity contribution is -0.137. The number of para-hydroxylation sites is 1. The first-order valence-corrected chi connectivity index (χ1v) is 11.7. The van der Waals surface area contributed by atoms with Crippen molar-refractivity contribution >= 4 is 33.8 Å². The fourth-order valence-electron chi connectivity index (χ4n) is 2.81. The lowest BCUT2D eigenvalue weighted by atomic mass is 10.1. The second kappa shape index (κ2) is 10.8. The van der Waals surface area contributed by atoms with Crippen molar-refractivity contribution < 1.29 is 35.3 Å². The van der Waals surface area contributed by atoms with E-state index in [1.54, 1.807) is 30.3 Å². The van der Waals surface area contributed by atoms with Gasteiger partial charge in [0.05, 0.1) is 18.9 Å². The Morgan fingerprint density at radius 2 is 1.74 bits per heavy atom. The van der Waals surface area contributed by atoms with Crippen molar-refractivity contribution in [3.05, 3.63) is 89.5 Å². The van der Waals surface area contributed by atoms with Crippen LogP contribution in [0.25, 0.3) is 0 Å². The van der Waals surface area contributed by atoms with Crippen molar-refractivity contribution in [3.8, 4) is 11.5 Å². The quantitative estimate of drug-likeness (QED) is 0.195. The summed E-state index contributed by atoms with van der Waals surface area (Å²) in [5.41, 5.74) is 1.91. The predicted octanol–water partition coefficient (Wildman–Crippen LogP) is 4.91. The summed E-state index contributed by atoms with van der Waals surface area (Å²) in [6.45, 7) is 0. The number of nitrogens with zero attached hydrogens (tertiary/aromatic N) is 1. The molecule has 0 heterocycles. The number of carbonyl (C=O) groups excluding carboxylic acids is 1. The van der Waals surface area contributed by atoms with E-state index in [1.165, 1.54) is 25.3 Å². The second-order valence-corrected chi connectivity index (χ2v) is 8.95. The maximum atomic E-state index is 12.7. The molecule has 0 spiro atoms. The molecule has 0 saturated heterocycles. The van der Waals surface area contributed by atoms with Crippen LogP contribution in [-0.4, -0.2) is 27.6 Å². The Kier molecular flexibility index (Phi) is 8.03. The zero-order chi connectivity index (χ0) is 25.6. The molecule has 7 nitrogen and oxygen atoms in total. The third kappa shape index (κ3) is 6.74. The molecule has 0 radical (unpaired) electrons. The number of benzene rings is 3. The highest BCUT2D eigenvalue weighted by atomic mass is 35.5. The molecule has 0 aliphatic heterocycles. The average Bonchev–Trinajstić information content (AvgIpc) is 2.84. The molecule has 1 unspecified atom stereocenters. The molecule has 0 bridgehead atoms. The summed E-state index contributed by atoms with van der Waals surface area (Å²) in [6, 6.07) is 15.3. The van der Waals surface area contributed by atoms with Crippen LogP contribution in [0.15, 0.2) is 82.8 Å². The zero-order valence-corrected chi connectivity index (χ0v) is 19.6. The number of amides is 1. The number of alkyl halides is 4. The molecule has 184 valence electrons. The fraction of sp³-hybridized carbons (Fsp3) is 0.130. The van der Waals surface area contributed by atoms with E-state index < -0.39 is 38.0 Å². The number of rotatable bonds is 8. The normalized spacial score (nSPS) is 12.8. The first-order valence-electron chi connectivity index (χ1n) is 9.83. The lowest BCUT2D eigenvalue weighted by Crippen LogP contribution is -2.22. The van der Waals surface area contributed by atoms with E-state index in [0.29, 0.717) is 23.4 Å². The van der Waals surface area contributed by atoms with Gasteiger partial charge in [0.2, 0.25) is 0 Å². The molecular weight excluding hydrogens is 509 g/mol. The fourth-order valence-corrected chi connectivity index (χ4v) is 3.95. The third-order valence-electron chi connectivity index (χ3n) is 4.58. The van der Waals surface area contributed by atoms with Crippen molar-refractivity contribution in [2.45, 2.75) is 16.4 Å². The Morgan fingerprint density at radius 1 is 1.06 bits per heavy atom. The van der Waals surface area contributed by atoms with Crippen LogP contribution in [0.2, 0.25) is 0 Å². The number of halogens is 4. The molecule has 0 aliphatic rings. The van der Waals surface area contributed by atoms with Crippen LogP contribution >= 0.6 is 11.6 Å². The van der Waals surface area contributed by atoms with Crippen LogP contribution < -0.4 is 14.3 Å². The Balaban J connectivity index is 1.72. The van der Waals surface area contributed by atoms with E-state index in [0.717, 1.165) is 18.3 Å².